The number of para-hydroxylation sites is 1. The Morgan fingerprint density at radius 3 is 2.74 bits per heavy atom. The van der Waals surface area contributed by atoms with Crippen molar-refractivity contribution in [1.82, 2.24) is 4.90 Å². The van der Waals surface area contributed by atoms with E-state index < -0.39 is 0 Å². The lowest BCUT2D eigenvalue weighted by Gasteiger charge is -2.24. The quantitative estimate of drug-likeness (QED) is 0.696. The molecule has 0 N–H and O–H groups in total. The van der Waals surface area contributed by atoms with Gasteiger partial charge in [0.05, 0.1) is 23.4 Å². The summed E-state index contributed by atoms with van der Waals surface area (Å²) in [6.07, 6.45) is 0.796. The Bertz CT molecular complexity index is 793. The van der Waals surface area contributed by atoms with E-state index in [1.54, 1.807) is 4.90 Å². The van der Waals surface area contributed by atoms with Gasteiger partial charge in [-0.25, -0.2) is 0 Å². The van der Waals surface area contributed by atoms with Crippen molar-refractivity contribution in [3.8, 4) is 5.75 Å². The van der Waals surface area contributed by atoms with E-state index in [4.69, 9.17) is 16.3 Å². The normalized spacial score (nSPS) is 17.2. The maximum absolute atomic E-state index is 12.9. The fraction of sp³-hybridized carbons (Fsp3) is 0.409. The summed E-state index contributed by atoms with van der Waals surface area (Å²) in [6.45, 7) is 6.36. The highest BCUT2D eigenvalue weighted by Gasteiger charge is 2.35. The lowest BCUT2D eigenvalue weighted by Crippen LogP contribution is -2.39. The van der Waals surface area contributed by atoms with Gasteiger partial charge in [0.2, 0.25) is 5.91 Å². The highest BCUT2D eigenvalue weighted by Crippen LogP contribution is 2.30. The molecule has 1 atom stereocenters. The number of benzene rings is 2. The zero-order valence-electron chi connectivity index (χ0n) is 16.2. The van der Waals surface area contributed by atoms with E-state index >= 15 is 0 Å². The van der Waals surface area contributed by atoms with Gasteiger partial charge in [0.1, 0.15) is 5.75 Å². The van der Waals surface area contributed by atoms with Gasteiger partial charge in [-0.05, 0) is 49.2 Å². The summed E-state index contributed by atoms with van der Waals surface area (Å²) in [5.41, 5.74) is 1.94. The third kappa shape index (κ3) is 4.82. The molecule has 144 valence electrons. The van der Waals surface area contributed by atoms with Gasteiger partial charge < -0.3 is 9.64 Å². The number of nitrogens with zero attached hydrogens (tertiary/aromatic N) is 2. The Balaban J connectivity index is 1.65. The first-order valence-electron chi connectivity index (χ1n) is 9.43. The average Bonchev–Trinajstić information content (AvgIpc) is 3.02. The minimum atomic E-state index is -0.137. The summed E-state index contributed by atoms with van der Waals surface area (Å²) in [4.78, 5) is 16.8. The lowest BCUT2D eigenvalue weighted by molar-refractivity contribution is -0.121. The van der Waals surface area contributed by atoms with Crippen LogP contribution in [0.3, 0.4) is 0 Å². The number of hydrogen-bond acceptors (Lipinski definition) is 3. The Morgan fingerprint density at radius 2 is 2.00 bits per heavy atom. The van der Waals surface area contributed by atoms with Crippen molar-refractivity contribution < 1.29 is 9.53 Å². The molecule has 27 heavy (non-hydrogen) atoms. The highest BCUT2D eigenvalue weighted by molar-refractivity contribution is 6.33. The number of halogens is 1. The van der Waals surface area contributed by atoms with Crippen LogP contribution in [0, 0.1) is 5.92 Å². The van der Waals surface area contributed by atoms with E-state index in [-0.39, 0.29) is 11.9 Å². The third-order valence-electron chi connectivity index (χ3n) is 4.77. The molecule has 1 amide bonds. The second kappa shape index (κ2) is 8.77. The van der Waals surface area contributed by atoms with Crippen LogP contribution >= 0.6 is 11.6 Å². The molecule has 1 unspecified atom stereocenters. The predicted octanol–water partition coefficient (Wildman–Crippen LogP) is 4.61. The van der Waals surface area contributed by atoms with E-state index in [2.05, 4.69) is 30.9 Å². The molecule has 1 aliphatic rings. The van der Waals surface area contributed by atoms with Crippen molar-refractivity contribution in [3.63, 3.8) is 0 Å². The van der Waals surface area contributed by atoms with Crippen LogP contribution in [0.5, 0.6) is 5.75 Å². The number of anilines is 1. The summed E-state index contributed by atoms with van der Waals surface area (Å²) in [7, 11) is 2.00. The SMILES string of the molecule is CC(C)COc1cccc(CN(C)C2CCN(c3ccccc3Cl)C2=O)c1. The smallest absolute Gasteiger partial charge is 0.244 e. The van der Waals surface area contributed by atoms with Crippen molar-refractivity contribution in [2.75, 3.05) is 25.1 Å². The second-order valence-electron chi connectivity index (χ2n) is 7.51. The zero-order chi connectivity index (χ0) is 19.4. The van der Waals surface area contributed by atoms with Crippen molar-refractivity contribution in [1.29, 1.82) is 0 Å². The molecular weight excluding hydrogens is 360 g/mol. The number of hydrogen-bond donors (Lipinski definition) is 0. The maximum Gasteiger partial charge on any atom is 0.244 e. The topological polar surface area (TPSA) is 32.8 Å². The number of carbonyl (C=O) groups is 1. The molecule has 0 aromatic heterocycles. The van der Waals surface area contributed by atoms with Crippen molar-refractivity contribution >= 4 is 23.2 Å². The van der Waals surface area contributed by atoms with Gasteiger partial charge in [-0.1, -0.05) is 49.7 Å². The second-order valence-corrected chi connectivity index (χ2v) is 7.92. The van der Waals surface area contributed by atoms with Crippen molar-refractivity contribution in [2.24, 2.45) is 5.92 Å². The van der Waals surface area contributed by atoms with E-state index in [9.17, 15) is 4.79 Å². The molecule has 0 radical (unpaired) electrons. The summed E-state index contributed by atoms with van der Waals surface area (Å²) < 4.78 is 5.82. The van der Waals surface area contributed by atoms with Crippen LogP contribution in [0.15, 0.2) is 48.5 Å². The fourth-order valence-electron chi connectivity index (χ4n) is 3.38. The van der Waals surface area contributed by atoms with Gasteiger partial charge in [0, 0.05) is 13.1 Å². The standard InChI is InChI=1S/C22H27ClN2O2/c1-16(2)15-27-18-8-6-7-17(13-18)14-24(3)21-11-12-25(22(21)26)20-10-5-4-9-19(20)23/h4-10,13,16,21H,11-12,14-15H2,1-3H3. The van der Waals surface area contributed by atoms with Crippen LogP contribution in [0.25, 0.3) is 0 Å². The van der Waals surface area contributed by atoms with E-state index in [0.29, 0.717) is 30.6 Å². The van der Waals surface area contributed by atoms with E-state index in [0.717, 1.165) is 23.4 Å². The number of ether oxygens (including phenoxy) is 1. The first kappa shape index (κ1) is 19.7. The van der Waals surface area contributed by atoms with Crippen LogP contribution < -0.4 is 9.64 Å². The largest absolute Gasteiger partial charge is 0.493 e. The van der Waals surface area contributed by atoms with Gasteiger partial charge in [-0.2, -0.15) is 0 Å². The van der Waals surface area contributed by atoms with Crippen LogP contribution in [-0.4, -0.2) is 37.0 Å². The summed E-state index contributed by atoms with van der Waals surface area (Å²) in [5.74, 6) is 1.48. The molecule has 5 heteroatoms. The van der Waals surface area contributed by atoms with E-state index in [1.807, 2.05) is 43.4 Å². The lowest BCUT2D eigenvalue weighted by atomic mass is 10.1. The fourth-order valence-corrected chi connectivity index (χ4v) is 3.62. The first-order valence-corrected chi connectivity index (χ1v) is 9.81. The maximum atomic E-state index is 12.9. The predicted molar refractivity (Wildman–Crippen MR) is 110 cm³/mol. The van der Waals surface area contributed by atoms with Gasteiger partial charge in [-0.3, -0.25) is 9.69 Å². The van der Waals surface area contributed by atoms with Crippen LogP contribution in [0.1, 0.15) is 25.8 Å². The average molecular weight is 387 g/mol. The molecule has 4 nitrogen and oxygen atoms in total. The molecule has 1 aliphatic heterocycles. The van der Waals surface area contributed by atoms with Gasteiger partial charge in [0.25, 0.3) is 0 Å². The number of likely N-dealkylation sites (N-methyl/N-ethyl adjacent to an activating group) is 1. The molecule has 0 saturated carbocycles. The molecule has 2 aromatic carbocycles. The van der Waals surface area contributed by atoms with Crippen molar-refractivity contribution in [2.45, 2.75) is 32.9 Å². The summed E-state index contributed by atoms with van der Waals surface area (Å²) in [5, 5.41) is 0.615. The number of rotatable bonds is 7. The molecule has 0 spiro atoms. The molecule has 0 aliphatic carbocycles. The number of carbonyl (C=O) groups excluding carboxylic acids is 1. The molecular formula is C22H27ClN2O2. The Labute approximate surface area is 166 Å². The first-order chi connectivity index (χ1) is 13.0. The monoisotopic (exact) mass is 386 g/mol. The molecule has 2 aromatic rings. The van der Waals surface area contributed by atoms with Crippen LogP contribution in [0.4, 0.5) is 5.69 Å². The molecule has 1 heterocycles. The van der Waals surface area contributed by atoms with Gasteiger partial charge in [-0.15, -0.1) is 0 Å². The Kier molecular flexibility index (Phi) is 6.40. The van der Waals surface area contributed by atoms with E-state index in [1.165, 1.54) is 0 Å². The molecule has 3 rings (SSSR count). The number of amides is 1. The van der Waals surface area contributed by atoms with Crippen molar-refractivity contribution in [3.05, 3.63) is 59.1 Å². The third-order valence-corrected chi connectivity index (χ3v) is 5.09. The molecule has 1 saturated heterocycles. The summed E-state index contributed by atoms with van der Waals surface area (Å²) in [6, 6.07) is 15.5. The van der Waals surface area contributed by atoms with Gasteiger partial charge >= 0.3 is 0 Å². The Hall–Kier alpha value is -2.04. The molecule has 1 fully saturated rings. The zero-order valence-corrected chi connectivity index (χ0v) is 16.9. The summed E-state index contributed by atoms with van der Waals surface area (Å²) >= 11 is 6.27. The minimum absolute atomic E-state index is 0.109. The Morgan fingerprint density at radius 1 is 1.22 bits per heavy atom. The van der Waals surface area contributed by atoms with Crippen LogP contribution in [0.2, 0.25) is 5.02 Å². The van der Waals surface area contributed by atoms with Crippen LogP contribution in [-0.2, 0) is 11.3 Å². The molecule has 0 bridgehead atoms. The highest BCUT2D eigenvalue weighted by atomic mass is 35.5. The minimum Gasteiger partial charge on any atom is -0.493 e. The van der Waals surface area contributed by atoms with Gasteiger partial charge in [0.15, 0.2) is 0 Å².